The molecule has 1 aliphatic heterocycles. The lowest BCUT2D eigenvalue weighted by Gasteiger charge is -2.22. The number of nitrogens with one attached hydrogen (secondary N) is 1. The monoisotopic (exact) mass is 426 g/mol. The Labute approximate surface area is 169 Å². The molecule has 1 saturated heterocycles. The second kappa shape index (κ2) is 8.50. The third kappa shape index (κ3) is 4.48. The van der Waals surface area contributed by atoms with Gasteiger partial charge in [0, 0.05) is 31.2 Å². The molecule has 8 nitrogen and oxygen atoms in total. The number of hydrogen-bond acceptors (Lipinski definition) is 5. The van der Waals surface area contributed by atoms with E-state index < -0.39 is 10.0 Å². The van der Waals surface area contributed by atoms with Crippen LogP contribution < -0.4 is 4.74 Å². The fourth-order valence-electron chi connectivity index (χ4n) is 3.20. The van der Waals surface area contributed by atoms with Gasteiger partial charge in [-0.1, -0.05) is 11.6 Å². The Morgan fingerprint density at radius 2 is 1.89 bits per heavy atom. The number of carbonyl (C=O) groups excluding carboxylic acids is 1. The number of carbonyl (C=O) groups is 1. The summed E-state index contributed by atoms with van der Waals surface area (Å²) in [5.41, 5.74) is 0.970. The standard InChI is InChI=1S/C18H23ClN4O4S/c1-13-18(14(2)21-20-13)28(25,26)23-9-3-8-22(10-11-23)17(24)12-27-16-6-4-15(19)5-7-16/h4-7H,3,8-12H2,1-2H3,(H,20,21). The highest BCUT2D eigenvalue weighted by Crippen LogP contribution is 2.23. The van der Waals surface area contributed by atoms with Crippen molar-refractivity contribution in [2.24, 2.45) is 0 Å². The molecule has 2 aromatic rings. The van der Waals surface area contributed by atoms with Crippen LogP contribution in [0.25, 0.3) is 0 Å². The van der Waals surface area contributed by atoms with Gasteiger partial charge in [0.2, 0.25) is 10.0 Å². The first-order chi connectivity index (χ1) is 13.3. The summed E-state index contributed by atoms with van der Waals surface area (Å²) in [6, 6.07) is 6.77. The fourth-order valence-corrected chi connectivity index (χ4v) is 5.13. The van der Waals surface area contributed by atoms with Gasteiger partial charge in [-0.3, -0.25) is 9.89 Å². The summed E-state index contributed by atoms with van der Waals surface area (Å²) in [5, 5.41) is 7.29. The molecule has 28 heavy (non-hydrogen) atoms. The third-order valence-electron chi connectivity index (χ3n) is 4.64. The molecule has 2 heterocycles. The molecule has 10 heteroatoms. The average molecular weight is 427 g/mol. The maximum atomic E-state index is 13.0. The topological polar surface area (TPSA) is 95.6 Å². The van der Waals surface area contributed by atoms with Crippen molar-refractivity contribution >= 4 is 27.5 Å². The largest absolute Gasteiger partial charge is 0.484 e. The van der Waals surface area contributed by atoms with Crippen molar-refractivity contribution in [2.75, 3.05) is 32.8 Å². The number of aryl methyl sites for hydroxylation is 2. The number of H-pyrrole nitrogens is 1. The average Bonchev–Trinajstić information content (AvgIpc) is 2.86. The number of ether oxygens (including phenoxy) is 1. The lowest BCUT2D eigenvalue weighted by atomic mass is 10.3. The molecule has 1 aromatic carbocycles. The van der Waals surface area contributed by atoms with E-state index in [-0.39, 0.29) is 24.0 Å². The van der Waals surface area contributed by atoms with Gasteiger partial charge in [0.05, 0.1) is 11.4 Å². The number of aromatic amines is 1. The number of nitrogens with zero attached hydrogens (tertiary/aromatic N) is 3. The minimum Gasteiger partial charge on any atom is -0.484 e. The zero-order valence-electron chi connectivity index (χ0n) is 15.8. The highest BCUT2D eigenvalue weighted by molar-refractivity contribution is 7.89. The predicted octanol–water partition coefficient (Wildman–Crippen LogP) is 1.98. The van der Waals surface area contributed by atoms with Crippen molar-refractivity contribution < 1.29 is 17.9 Å². The molecule has 1 fully saturated rings. The number of rotatable bonds is 5. The van der Waals surface area contributed by atoms with Crippen molar-refractivity contribution in [1.29, 1.82) is 0 Å². The van der Waals surface area contributed by atoms with Gasteiger partial charge in [-0.2, -0.15) is 9.40 Å². The van der Waals surface area contributed by atoms with Gasteiger partial charge < -0.3 is 9.64 Å². The van der Waals surface area contributed by atoms with E-state index in [0.717, 1.165) is 0 Å². The Bertz CT molecular complexity index is 923. The first-order valence-corrected chi connectivity index (χ1v) is 10.8. The summed E-state index contributed by atoms with van der Waals surface area (Å²) in [6.45, 7) is 4.64. The second-order valence-corrected chi connectivity index (χ2v) is 8.96. The Morgan fingerprint density at radius 3 is 2.54 bits per heavy atom. The molecule has 0 atom stereocenters. The summed E-state index contributed by atoms with van der Waals surface area (Å²) in [7, 11) is -3.65. The van der Waals surface area contributed by atoms with Crippen LogP contribution in [0.2, 0.25) is 5.02 Å². The highest BCUT2D eigenvalue weighted by atomic mass is 35.5. The van der Waals surface area contributed by atoms with Gasteiger partial charge >= 0.3 is 0 Å². The van der Waals surface area contributed by atoms with E-state index in [1.54, 1.807) is 43.0 Å². The molecule has 1 N–H and O–H groups in total. The van der Waals surface area contributed by atoms with E-state index >= 15 is 0 Å². The lowest BCUT2D eigenvalue weighted by molar-refractivity contribution is -0.133. The summed E-state index contributed by atoms with van der Waals surface area (Å²) in [6.07, 6.45) is 0.557. The Hall–Kier alpha value is -2.10. The maximum absolute atomic E-state index is 13.0. The highest BCUT2D eigenvalue weighted by Gasteiger charge is 2.31. The van der Waals surface area contributed by atoms with Crippen LogP contribution in [0.1, 0.15) is 17.8 Å². The molecule has 1 aliphatic rings. The zero-order chi connectivity index (χ0) is 20.3. The molecule has 0 radical (unpaired) electrons. The van der Waals surface area contributed by atoms with Crippen LogP contribution >= 0.6 is 11.6 Å². The second-order valence-electron chi connectivity index (χ2n) is 6.64. The summed E-state index contributed by atoms with van der Waals surface area (Å²) >= 11 is 5.83. The van der Waals surface area contributed by atoms with Crippen molar-refractivity contribution in [2.45, 2.75) is 25.2 Å². The molecule has 0 bridgehead atoms. The van der Waals surface area contributed by atoms with E-state index in [4.69, 9.17) is 16.3 Å². The molecular formula is C18H23ClN4O4S. The van der Waals surface area contributed by atoms with Crippen molar-refractivity contribution in [3.05, 3.63) is 40.7 Å². The van der Waals surface area contributed by atoms with E-state index in [0.29, 0.717) is 48.2 Å². The summed E-state index contributed by atoms with van der Waals surface area (Å²) in [4.78, 5) is 14.3. The third-order valence-corrected chi connectivity index (χ3v) is 7.06. The summed E-state index contributed by atoms with van der Waals surface area (Å²) in [5.74, 6) is 0.382. The van der Waals surface area contributed by atoms with Crippen LogP contribution in [0, 0.1) is 13.8 Å². The smallest absolute Gasteiger partial charge is 0.260 e. The first-order valence-electron chi connectivity index (χ1n) is 8.97. The normalized spacial score (nSPS) is 16.0. The molecule has 1 amide bonds. The van der Waals surface area contributed by atoms with Crippen LogP contribution in [-0.4, -0.2) is 66.5 Å². The van der Waals surface area contributed by atoms with Gasteiger partial charge in [0.15, 0.2) is 6.61 Å². The number of benzene rings is 1. The minimum absolute atomic E-state index is 0.103. The maximum Gasteiger partial charge on any atom is 0.260 e. The van der Waals surface area contributed by atoms with Crippen molar-refractivity contribution in [3.63, 3.8) is 0 Å². The Morgan fingerprint density at radius 1 is 1.18 bits per heavy atom. The molecule has 0 saturated carbocycles. The molecule has 1 aromatic heterocycles. The van der Waals surface area contributed by atoms with Gasteiger partial charge in [-0.25, -0.2) is 8.42 Å². The fraction of sp³-hybridized carbons (Fsp3) is 0.444. The Balaban J connectivity index is 1.61. The van der Waals surface area contributed by atoms with Gasteiger partial charge in [0.25, 0.3) is 5.91 Å². The molecule has 0 spiro atoms. The Kier molecular flexibility index (Phi) is 6.26. The van der Waals surface area contributed by atoms with E-state index in [1.807, 2.05) is 0 Å². The van der Waals surface area contributed by atoms with E-state index in [1.165, 1.54) is 4.31 Å². The SMILES string of the molecule is Cc1n[nH]c(C)c1S(=O)(=O)N1CCCN(C(=O)COc2ccc(Cl)cc2)CC1. The van der Waals surface area contributed by atoms with Crippen molar-refractivity contribution in [3.8, 4) is 5.75 Å². The molecule has 152 valence electrons. The lowest BCUT2D eigenvalue weighted by Crippen LogP contribution is -2.39. The molecule has 0 unspecified atom stereocenters. The number of hydrogen-bond donors (Lipinski definition) is 1. The van der Waals surface area contributed by atoms with Crippen LogP contribution in [0.15, 0.2) is 29.2 Å². The van der Waals surface area contributed by atoms with E-state index in [9.17, 15) is 13.2 Å². The number of sulfonamides is 1. The number of amides is 1. The first kappa shape index (κ1) is 20.6. The molecular weight excluding hydrogens is 404 g/mol. The van der Waals surface area contributed by atoms with Gasteiger partial charge in [-0.15, -0.1) is 0 Å². The van der Waals surface area contributed by atoms with Crippen LogP contribution in [0.3, 0.4) is 0 Å². The number of halogens is 1. The van der Waals surface area contributed by atoms with Crippen LogP contribution in [0.4, 0.5) is 0 Å². The minimum atomic E-state index is -3.65. The number of aromatic nitrogens is 2. The molecule has 0 aliphatic carbocycles. The van der Waals surface area contributed by atoms with Crippen LogP contribution in [0.5, 0.6) is 5.75 Å². The molecule has 3 rings (SSSR count). The van der Waals surface area contributed by atoms with Gasteiger partial charge in [0.1, 0.15) is 10.6 Å². The van der Waals surface area contributed by atoms with Crippen LogP contribution in [-0.2, 0) is 14.8 Å². The zero-order valence-corrected chi connectivity index (χ0v) is 17.4. The van der Waals surface area contributed by atoms with Gasteiger partial charge in [-0.05, 0) is 44.5 Å². The quantitative estimate of drug-likeness (QED) is 0.788. The summed E-state index contributed by atoms with van der Waals surface area (Å²) < 4.78 is 32.9. The predicted molar refractivity (Wildman–Crippen MR) is 105 cm³/mol. The van der Waals surface area contributed by atoms with E-state index in [2.05, 4.69) is 10.2 Å². The van der Waals surface area contributed by atoms with Crippen molar-refractivity contribution in [1.82, 2.24) is 19.4 Å².